The lowest BCUT2D eigenvalue weighted by molar-refractivity contribution is -0.119. The van der Waals surface area contributed by atoms with Gasteiger partial charge in [0.25, 0.3) is 0 Å². The van der Waals surface area contributed by atoms with Gasteiger partial charge in [0.05, 0.1) is 0 Å². The number of carboxylic acid groups (broad SMARTS) is 1. The average molecular weight is 194 g/mol. The van der Waals surface area contributed by atoms with E-state index in [1.54, 1.807) is 6.07 Å². The van der Waals surface area contributed by atoms with Gasteiger partial charge in [0.15, 0.2) is 0 Å². The van der Waals surface area contributed by atoms with E-state index in [1.807, 2.05) is 0 Å². The van der Waals surface area contributed by atoms with E-state index in [2.05, 4.69) is 10.3 Å². The van der Waals surface area contributed by atoms with E-state index in [0.717, 1.165) is 5.56 Å². The zero-order valence-corrected chi connectivity index (χ0v) is 7.65. The molecule has 0 saturated carbocycles. The summed E-state index contributed by atoms with van der Waals surface area (Å²) in [6.07, 6.45) is 1.43. The third-order valence-corrected chi connectivity index (χ3v) is 1.59. The molecule has 74 valence electrons. The van der Waals surface area contributed by atoms with Crippen LogP contribution < -0.4 is 5.32 Å². The molecule has 0 bridgehead atoms. The molecule has 0 aliphatic heterocycles. The van der Waals surface area contributed by atoms with Gasteiger partial charge >= 0.3 is 5.97 Å². The molecule has 2 N–H and O–H groups in total. The molecule has 0 aromatic carbocycles. The minimum Gasteiger partial charge on any atom is -0.477 e. The molecule has 0 unspecified atom stereocenters. The molecular weight excluding hydrogens is 184 g/mol. The molecule has 1 heterocycles. The first-order valence-corrected chi connectivity index (χ1v) is 4.02. The van der Waals surface area contributed by atoms with Crippen molar-refractivity contribution >= 4 is 11.9 Å². The van der Waals surface area contributed by atoms with Crippen LogP contribution in [0.1, 0.15) is 23.0 Å². The van der Waals surface area contributed by atoms with Crippen molar-refractivity contribution in [1.82, 2.24) is 10.3 Å². The number of carboxylic acids is 1. The summed E-state index contributed by atoms with van der Waals surface area (Å²) in [6, 6.07) is 3.02. The molecular formula is C9H10N2O3. The maximum Gasteiger partial charge on any atom is 0.354 e. The van der Waals surface area contributed by atoms with E-state index in [9.17, 15) is 9.59 Å². The van der Waals surface area contributed by atoms with Gasteiger partial charge in [0.2, 0.25) is 5.91 Å². The summed E-state index contributed by atoms with van der Waals surface area (Å²) < 4.78 is 0. The van der Waals surface area contributed by atoms with Gasteiger partial charge in [0, 0.05) is 19.7 Å². The Morgan fingerprint density at radius 3 is 2.64 bits per heavy atom. The monoisotopic (exact) mass is 194 g/mol. The predicted octanol–water partition coefficient (Wildman–Crippen LogP) is 0.416. The predicted molar refractivity (Wildman–Crippen MR) is 48.7 cm³/mol. The van der Waals surface area contributed by atoms with Gasteiger partial charge in [-0.1, -0.05) is 6.07 Å². The van der Waals surface area contributed by atoms with Crippen LogP contribution in [0.5, 0.6) is 0 Å². The average Bonchev–Trinajstić information content (AvgIpc) is 2.15. The van der Waals surface area contributed by atoms with Gasteiger partial charge in [-0.2, -0.15) is 0 Å². The Bertz CT molecular complexity index is 346. The fraction of sp³-hybridized carbons (Fsp3) is 0.222. The number of pyridine rings is 1. The molecule has 0 radical (unpaired) electrons. The highest BCUT2D eigenvalue weighted by atomic mass is 16.4. The first-order chi connectivity index (χ1) is 6.59. The molecule has 5 heteroatoms. The largest absolute Gasteiger partial charge is 0.477 e. The van der Waals surface area contributed by atoms with Crippen LogP contribution in [0.3, 0.4) is 0 Å². The number of rotatable bonds is 3. The van der Waals surface area contributed by atoms with Gasteiger partial charge in [-0.25, -0.2) is 9.78 Å². The van der Waals surface area contributed by atoms with Crippen LogP contribution in [0.4, 0.5) is 0 Å². The summed E-state index contributed by atoms with van der Waals surface area (Å²) in [5.74, 6) is -1.19. The molecule has 14 heavy (non-hydrogen) atoms. The fourth-order valence-electron chi connectivity index (χ4n) is 0.882. The first-order valence-electron chi connectivity index (χ1n) is 4.02. The van der Waals surface area contributed by atoms with Gasteiger partial charge in [-0.05, 0) is 11.6 Å². The zero-order valence-electron chi connectivity index (χ0n) is 7.65. The Labute approximate surface area is 80.8 Å². The highest BCUT2D eigenvalue weighted by Crippen LogP contribution is 1.99. The number of amides is 1. The van der Waals surface area contributed by atoms with Crippen molar-refractivity contribution in [2.75, 3.05) is 0 Å². The second-order valence-corrected chi connectivity index (χ2v) is 2.77. The van der Waals surface area contributed by atoms with Crippen LogP contribution in [0.25, 0.3) is 0 Å². The first kappa shape index (κ1) is 10.2. The maximum atomic E-state index is 10.6. The number of aromatic nitrogens is 1. The van der Waals surface area contributed by atoms with Crippen LogP contribution in [-0.2, 0) is 11.3 Å². The highest BCUT2D eigenvalue weighted by molar-refractivity contribution is 5.85. The molecule has 0 fully saturated rings. The number of nitrogens with zero attached hydrogens (tertiary/aromatic N) is 1. The van der Waals surface area contributed by atoms with Crippen molar-refractivity contribution < 1.29 is 14.7 Å². The van der Waals surface area contributed by atoms with E-state index in [-0.39, 0.29) is 11.6 Å². The zero-order chi connectivity index (χ0) is 10.6. The van der Waals surface area contributed by atoms with Gasteiger partial charge in [0.1, 0.15) is 5.69 Å². The van der Waals surface area contributed by atoms with Crippen molar-refractivity contribution in [1.29, 1.82) is 0 Å². The van der Waals surface area contributed by atoms with Crippen LogP contribution >= 0.6 is 0 Å². The summed E-state index contributed by atoms with van der Waals surface area (Å²) in [5, 5.41) is 11.1. The van der Waals surface area contributed by atoms with Crippen LogP contribution in [-0.4, -0.2) is 22.0 Å². The topological polar surface area (TPSA) is 79.3 Å². The third kappa shape index (κ3) is 2.85. The molecule has 0 aliphatic rings. The quantitative estimate of drug-likeness (QED) is 0.730. The second kappa shape index (κ2) is 4.36. The summed E-state index contributed by atoms with van der Waals surface area (Å²) in [5.41, 5.74) is 0.766. The molecule has 0 atom stereocenters. The molecule has 5 nitrogen and oxygen atoms in total. The molecule has 1 rings (SSSR count). The lowest BCUT2D eigenvalue weighted by Gasteiger charge is -2.01. The Balaban J connectivity index is 2.64. The number of carbonyl (C=O) groups excluding carboxylic acids is 1. The smallest absolute Gasteiger partial charge is 0.354 e. The maximum absolute atomic E-state index is 10.6. The highest BCUT2D eigenvalue weighted by Gasteiger charge is 2.03. The van der Waals surface area contributed by atoms with E-state index >= 15 is 0 Å². The Kier molecular flexibility index (Phi) is 3.17. The Morgan fingerprint density at radius 2 is 2.21 bits per heavy atom. The van der Waals surface area contributed by atoms with Crippen molar-refractivity contribution in [3.8, 4) is 0 Å². The minimum absolute atomic E-state index is 0.00317. The van der Waals surface area contributed by atoms with Gasteiger partial charge < -0.3 is 10.4 Å². The molecule has 1 amide bonds. The van der Waals surface area contributed by atoms with E-state index in [1.165, 1.54) is 19.2 Å². The van der Waals surface area contributed by atoms with E-state index < -0.39 is 5.97 Å². The number of hydrogen-bond donors (Lipinski definition) is 2. The van der Waals surface area contributed by atoms with E-state index in [0.29, 0.717) is 6.54 Å². The summed E-state index contributed by atoms with van der Waals surface area (Å²) in [4.78, 5) is 24.7. The molecule has 0 saturated heterocycles. The normalized spacial score (nSPS) is 9.50. The summed E-state index contributed by atoms with van der Waals surface area (Å²) in [6.45, 7) is 1.78. The van der Waals surface area contributed by atoms with Gasteiger partial charge in [-0.15, -0.1) is 0 Å². The molecule has 0 spiro atoms. The van der Waals surface area contributed by atoms with Crippen molar-refractivity contribution in [2.24, 2.45) is 0 Å². The van der Waals surface area contributed by atoms with Crippen LogP contribution in [0, 0.1) is 0 Å². The molecule has 0 aliphatic carbocycles. The number of aromatic carboxylic acids is 1. The van der Waals surface area contributed by atoms with Crippen molar-refractivity contribution in [2.45, 2.75) is 13.5 Å². The minimum atomic E-state index is -1.06. The SMILES string of the molecule is CC(=O)NCc1ccc(C(=O)O)nc1. The summed E-state index contributed by atoms with van der Waals surface area (Å²) in [7, 11) is 0. The molecule has 1 aromatic rings. The standard InChI is InChI=1S/C9H10N2O3/c1-6(12)10-4-7-2-3-8(9(13)14)11-5-7/h2-3,5H,4H2,1H3,(H,10,12)(H,13,14). The number of carbonyl (C=O) groups is 2. The van der Waals surface area contributed by atoms with Crippen molar-refractivity contribution in [3.05, 3.63) is 29.6 Å². The fourth-order valence-corrected chi connectivity index (χ4v) is 0.882. The number of hydrogen-bond acceptors (Lipinski definition) is 3. The Hall–Kier alpha value is -1.91. The lowest BCUT2D eigenvalue weighted by atomic mass is 10.2. The van der Waals surface area contributed by atoms with Crippen molar-refractivity contribution in [3.63, 3.8) is 0 Å². The number of nitrogens with one attached hydrogen (secondary N) is 1. The third-order valence-electron chi connectivity index (χ3n) is 1.59. The van der Waals surface area contributed by atoms with Crippen LogP contribution in [0.2, 0.25) is 0 Å². The van der Waals surface area contributed by atoms with Gasteiger partial charge in [-0.3, -0.25) is 4.79 Å². The molecule has 1 aromatic heterocycles. The summed E-state index contributed by atoms with van der Waals surface area (Å²) >= 11 is 0. The lowest BCUT2D eigenvalue weighted by Crippen LogP contribution is -2.19. The van der Waals surface area contributed by atoms with E-state index in [4.69, 9.17) is 5.11 Å². The van der Waals surface area contributed by atoms with Crippen LogP contribution in [0.15, 0.2) is 18.3 Å². The second-order valence-electron chi connectivity index (χ2n) is 2.77. The Morgan fingerprint density at radius 1 is 1.50 bits per heavy atom.